The highest BCUT2D eigenvalue weighted by Crippen LogP contribution is 2.24. The molecule has 0 aliphatic carbocycles. The number of halogens is 3. The Bertz CT molecular complexity index is 767. The minimum Gasteiger partial charge on any atom is -0.255 e. The molecule has 0 saturated carbocycles. The van der Waals surface area contributed by atoms with Crippen molar-refractivity contribution in [2.45, 2.75) is 18.4 Å². The summed E-state index contributed by atoms with van der Waals surface area (Å²) in [4.78, 5) is -0.0280. The maximum atomic E-state index is 12.3. The quantitative estimate of drug-likeness (QED) is 0.901. The molecule has 0 aliphatic rings. The van der Waals surface area contributed by atoms with Crippen LogP contribution in [0.4, 0.5) is 0 Å². The van der Waals surface area contributed by atoms with E-state index in [1.807, 2.05) is 0 Å². The lowest BCUT2D eigenvalue weighted by Gasteiger charge is -2.07. The van der Waals surface area contributed by atoms with E-state index < -0.39 is 10.0 Å². The first-order chi connectivity index (χ1) is 9.70. The van der Waals surface area contributed by atoms with Crippen LogP contribution in [0.3, 0.4) is 0 Å². The summed E-state index contributed by atoms with van der Waals surface area (Å²) in [5, 5.41) is 4.92. The molecule has 1 heterocycles. The average molecular weight is 369 g/mol. The molecular weight excluding hydrogens is 357 g/mol. The van der Waals surface area contributed by atoms with Crippen LogP contribution < -0.4 is 4.72 Å². The van der Waals surface area contributed by atoms with Crippen LogP contribution >= 0.6 is 34.8 Å². The normalized spacial score (nSPS) is 11.9. The third kappa shape index (κ3) is 3.70. The zero-order chi connectivity index (χ0) is 15.8. The van der Waals surface area contributed by atoms with Crippen molar-refractivity contribution >= 4 is 44.8 Å². The fourth-order valence-electron chi connectivity index (χ4n) is 1.88. The highest BCUT2D eigenvalue weighted by Gasteiger charge is 2.24. The van der Waals surface area contributed by atoms with Gasteiger partial charge in [-0.25, -0.2) is 13.1 Å². The summed E-state index contributed by atoms with van der Waals surface area (Å²) in [5.41, 5.74) is 0.980. The molecule has 0 bridgehead atoms. The molecule has 0 spiro atoms. The Hall–Kier alpha value is -0.790. The van der Waals surface area contributed by atoms with Crippen molar-refractivity contribution in [3.63, 3.8) is 0 Å². The molecule has 0 atom stereocenters. The van der Waals surface area contributed by atoms with Crippen LogP contribution in [0.15, 0.2) is 23.1 Å². The monoisotopic (exact) mass is 367 g/mol. The predicted octanol–water partition coefficient (Wildman–Crippen LogP) is 3.17. The molecule has 9 heteroatoms. The van der Waals surface area contributed by atoms with Crippen molar-refractivity contribution in [1.29, 1.82) is 0 Å². The number of benzene rings is 1. The van der Waals surface area contributed by atoms with E-state index in [2.05, 4.69) is 9.82 Å². The van der Waals surface area contributed by atoms with Crippen LogP contribution in [-0.4, -0.2) is 18.2 Å². The Morgan fingerprint density at radius 3 is 2.24 bits per heavy atom. The molecule has 0 unspecified atom stereocenters. The van der Waals surface area contributed by atoms with E-state index in [1.54, 1.807) is 32.2 Å². The van der Waals surface area contributed by atoms with Crippen LogP contribution in [0.1, 0.15) is 11.3 Å². The molecule has 0 saturated heterocycles. The van der Waals surface area contributed by atoms with Crippen LogP contribution in [0.25, 0.3) is 0 Å². The van der Waals surface area contributed by atoms with Gasteiger partial charge in [-0.05, 0) is 30.7 Å². The molecule has 0 fully saturated rings. The topological polar surface area (TPSA) is 64.0 Å². The van der Waals surface area contributed by atoms with Crippen molar-refractivity contribution in [3.8, 4) is 0 Å². The van der Waals surface area contributed by atoms with Gasteiger partial charge in [-0.1, -0.05) is 34.8 Å². The Labute approximate surface area is 137 Å². The molecule has 2 aromatic rings. The summed E-state index contributed by atoms with van der Waals surface area (Å²) >= 11 is 17.7. The van der Waals surface area contributed by atoms with Crippen molar-refractivity contribution in [2.24, 2.45) is 7.05 Å². The predicted molar refractivity (Wildman–Crippen MR) is 83.4 cm³/mol. The first kappa shape index (κ1) is 16.6. The summed E-state index contributed by atoms with van der Waals surface area (Å²) < 4.78 is 28.4. The largest absolute Gasteiger partial charge is 0.255 e. The number of nitrogens with zero attached hydrogens (tertiary/aromatic N) is 2. The summed E-state index contributed by atoms with van der Waals surface area (Å²) in [7, 11) is -2.20. The Morgan fingerprint density at radius 1 is 1.19 bits per heavy atom. The standard InChI is InChI=1S/C12H12Cl3N3O2S/c1-7-11(12(15)18(2)17-7)21(19,20)16-6-8-3-9(13)5-10(14)4-8/h3-5,16H,6H2,1-2H3. The molecule has 114 valence electrons. The second kappa shape index (κ2) is 6.14. The molecule has 0 amide bonds. The fraction of sp³-hybridized carbons (Fsp3) is 0.250. The molecular formula is C12H12Cl3N3O2S. The lowest BCUT2D eigenvalue weighted by molar-refractivity contribution is 0.580. The van der Waals surface area contributed by atoms with Gasteiger partial charge in [0, 0.05) is 23.6 Å². The number of nitrogens with one attached hydrogen (secondary N) is 1. The van der Waals surface area contributed by atoms with Gasteiger partial charge in [0.15, 0.2) is 0 Å². The van der Waals surface area contributed by atoms with Crippen LogP contribution in [-0.2, 0) is 23.6 Å². The van der Waals surface area contributed by atoms with Crippen molar-refractivity contribution < 1.29 is 8.42 Å². The Morgan fingerprint density at radius 2 is 1.76 bits per heavy atom. The lowest BCUT2D eigenvalue weighted by Crippen LogP contribution is -2.24. The molecule has 5 nitrogen and oxygen atoms in total. The van der Waals surface area contributed by atoms with E-state index in [4.69, 9.17) is 34.8 Å². The van der Waals surface area contributed by atoms with Crippen molar-refractivity contribution in [3.05, 3.63) is 44.7 Å². The van der Waals surface area contributed by atoms with Crippen LogP contribution in [0, 0.1) is 6.92 Å². The zero-order valence-corrected chi connectivity index (χ0v) is 14.3. The van der Waals surface area contributed by atoms with Gasteiger partial charge in [0.25, 0.3) is 0 Å². The van der Waals surface area contributed by atoms with Gasteiger partial charge < -0.3 is 0 Å². The lowest BCUT2D eigenvalue weighted by atomic mass is 10.2. The number of hydrogen-bond donors (Lipinski definition) is 1. The van der Waals surface area contributed by atoms with Gasteiger partial charge in [-0.2, -0.15) is 5.10 Å². The minimum absolute atomic E-state index is 0.0280. The molecule has 21 heavy (non-hydrogen) atoms. The van der Waals surface area contributed by atoms with Gasteiger partial charge in [0.1, 0.15) is 10.0 Å². The second-order valence-corrected chi connectivity index (χ2v) is 7.37. The first-order valence-electron chi connectivity index (χ1n) is 5.84. The number of aryl methyl sites for hydroxylation is 2. The van der Waals surface area contributed by atoms with E-state index in [-0.39, 0.29) is 16.6 Å². The molecule has 0 aliphatic heterocycles. The maximum Gasteiger partial charge on any atom is 0.245 e. The number of sulfonamides is 1. The van der Waals surface area contributed by atoms with Crippen LogP contribution in [0.5, 0.6) is 0 Å². The third-order valence-electron chi connectivity index (χ3n) is 2.76. The number of hydrogen-bond acceptors (Lipinski definition) is 3. The maximum absolute atomic E-state index is 12.3. The molecule has 0 radical (unpaired) electrons. The van der Waals surface area contributed by atoms with E-state index in [9.17, 15) is 8.42 Å². The van der Waals surface area contributed by atoms with Gasteiger partial charge in [0.05, 0.1) is 5.69 Å². The fourth-order valence-corrected chi connectivity index (χ4v) is 4.21. The van der Waals surface area contributed by atoms with E-state index in [0.717, 1.165) is 0 Å². The second-order valence-electron chi connectivity index (χ2n) is 4.43. The summed E-state index contributed by atoms with van der Waals surface area (Å²) in [6, 6.07) is 4.84. The smallest absolute Gasteiger partial charge is 0.245 e. The summed E-state index contributed by atoms with van der Waals surface area (Å²) in [6.45, 7) is 1.63. The van der Waals surface area contributed by atoms with Crippen LogP contribution in [0.2, 0.25) is 15.2 Å². The zero-order valence-electron chi connectivity index (χ0n) is 11.2. The molecule has 1 aromatic carbocycles. The molecule has 1 N–H and O–H groups in total. The SMILES string of the molecule is Cc1nn(C)c(Cl)c1S(=O)(=O)NCc1cc(Cl)cc(Cl)c1. The first-order valence-corrected chi connectivity index (χ1v) is 8.46. The molecule has 2 rings (SSSR count). The van der Waals surface area contributed by atoms with Gasteiger partial charge in [-0.3, -0.25) is 4.68 Å². The molecule has 1 aromatic heterocycles. The van der Waals surface area contributed by atoms with E-state index >= 15 is 0 Å². The summed E-state index contributed by atoms with van der Waals surface area (Å²) in [6.07, 6.45) is 0. The van der Waals surface area contributed by atoms with E-state index in [0.29, 0.717) is 21.3 Å². The Kier molecular flexibility index (Phi) is 4.85. The average Bonchev–Trinajstić information content (AvgIpc) is 2.60. The minimum atomic E-state index is -3.78. The van der Waals surface area contributed by atoms with Gasteiger partial charge >= 0.3 is 0 Å². The van der Waals surface area contributed by atoms with Crippen molar-refractivity contribution in [2.75, 3.05) is 0 Å². The number of aromatic nitrogens is 2. The highest BCUT2D eigenvalue weighted by atomic mass is 35.5. The third-order valence-corrected chi connectivity index (χ3v) is 5.29. The van der Waals surface area contributed by atoms with E-state index in [1.165, 1.54) is 4.68 Å². The number of rotatable bonds is 4. The summed E-state index contributed by atoms with van der Waals surface area (Å²) in [5.74, 6) is 0. The van der Waals surface area contributed by atoms with Gasteiger partial charge in [-0.15, -0.1) is 0 Å². The van der Waals surface area contributed by atoms with Crippen molar-refractivity contribution in [1.82, 2.24) is 14.5 Å². The Balaban J connectivity index is 2.26. The van der Waals surface area contributed by atoms with Gasteiger partial charge in [0.2, 0.25) is 10.0 Å². The highest BCUT2D eigenvalue weighted by molar-refractivity contribution is 7.89.